The van der Waals surface area contributed by atoms with Crippen molar-refractivity contribution in [1.82, 2.24) is 10.2 Å². The van der Waals surface area contributed by atoms with E-state index in [0.717, 1.165) is 10.4 Å². The van der Waals surface area contributed by atoms with Crippen LogP contribution in [0.15, 0.2) is 30.3 Å². The van der Waals surface area contributed by atoms with Crippen molar-refractivity contribution in [3.8, 4) is 0 Å². The SMILES string of the molecule is CC(=O)NCCOC(=O)N1CCc2c(sc(NC(=O)c3ccccc3)c2C=N)C1. The molecule has 1 aliphatic rings. The summed E-state index contributed by atoms with van der Waals surface area (Å²) in [6, 6.07) is 8.88. The van der Waals surface area contributed by atoms with Gasteiger partial charge >= 0.3 is 6.09 Å². The first-order valence-electron chi connectivity index (χ1n) is 9.17. The summed E-state index contributed by atoms with van der Waals surface area (Å²) < 4.78 is 5.20. The number of anilines is 1. The fourth-order valence-electron chi connectivity index (χ4n) is 3.05. The van der Waals surface area contributed by atoms with Gasteiger partial charge in [-0.3, -0.25) is 9.59 Å². The fraction of sp³-hybridized carbons (Fsp3) is 0.300. The first-order valence-corrected chi connectivity index (χ1v) is 9.98. The van der Waals surface area contributed by atoms with Crippen LogP contribution in [0.3, 0.4) is 0 Å². The van der Waals surface area contributed by atoms with Crippen molar-refractivity contribution in [2.45, 2.75) is 19.9 Å². The smallest absolute Gasteiger partial charge is 0.410 e. The molecular formula is C20H22N4O4S. The van der Waals surface area contributed by atoms with Crippen LogP contribution in [-0.4, -0.2) is 48.7 Å². The summed E-state index contributed by atoms with van der Waals surface area (Å²) in [5.74, 6) is -0.409. The monoisotopic (exact) mass is 414 g/mol. The lowest BCUT2D eigenvalue weighted by atomic mass is 10.0. The third-order valence-corrected chi connectivity index (χ3v) is 5.61. The average Bonchev–Trinajstić information content (AvgIpc) is 3.07. The molecule has 1 aliphatic heterocycles. The van der Waals surface area contributed by atoms with E-state index in [1.54, 1.807) is 29.2 Å². The van der Waals surface area contributed by atoms with Gasteiger partial charge in [0.15, 0.2) is 0 Å². The summed E-state index contributed by atoms with van der Waals surface area (Å²) in [4.78, 5) is 38.1. The van der Waals surface area contributed by atoms with Gasteiger partial charge in [0, 0.05) is 35.7 Å². The van der Waals surface area contributed by atoms with Gasteiger partial charge in [0.2, 0.25) is 5.91 Å². The topological polar surface area (TPSA) is 112 Å². The minimum Gasteiger partial charge on any atom is -0.448 e. The van der Waals surface area contributed by atoms with Crippen LogP contribution in [0.2, 0.25) is 0 Å². The van der Waals surface area contributed by atoms with Crippen LogP contribution >= 0.6 is 11.3 Å². The number of hydrogen-bond donors (Lipinski definition) is 3. The Kier molecular flexibility index (Phi) is 6.61. The molecule has 2 heterocycles. The van der Waals surface area contributed by atoms with Gasteiger partial charge in [0.05, 0.1) is 13.1 Å². The first-order chi connectivity index (χ1) is 14.0. The van der Waals surface area contributed by atoms with E-state index in [-0.39, 0.29) is 25.0 Å². The Morgan fingerprint density at radius 3 is 2.72 bits per heavy atom. The number of nitrogens with zero attached hydrogens (tertiary/aromatic N) is 1. The predicted molar refractivity (Wildman–Crippen MR) is 111 cm³/mol. The van der Waals surface area contributed by atoms with Gasteiger partial charge in [0.25, 0.3) is 5.91 Å². The summed E-state index contributed by atoms with van der Waals surface area (Å²) in [5, 5.41) is 13.8. The van der Waals surface area contributed by atoms with Crippen molar-refractivity contribution in [2.24, 2.45) is 0 Å². The normalized spacial score (nSPS) is 12.7. The van der Waals surface area contributed by atoms with Gasteiger partial charge in [0.1, 0.15) is 11.6 Å². The van der Waals surface area contributed by atoms with Gasteiger partial charge in [-0.05, 0) is 24.1 Å². The molecule has 0 saturated heterocycles. The Morgan fingerprint density at radius 1 is 1.28 bits per heavy atom. The van der Waals surface area contributed by atoms with Gasteiger partial charge in [-0.15, -0.1) is 11.3 Å². The van der Waals surface area contributed by atoms with Crippen molar-refractivity contribution in [3.05, 3.63) is 51.9 Å². The maximum Gasteiger partial charge on any atom is 0.410 e. The molecule has 152 valence electrons. The number of fused-ring (bicyclic) bond motifs is 1. The Bertz CT molecular complexity index is 926. The van der Waals surface area contributed by atoms with Crippen molar-refractivity contribution in [3.63, 3.8) is 0 Å². The van der Waals surface area contributed by atoms with Gasteiger partial charge < -0.3 is 25.7 Å². The van der Waals surface area contributed by atoms with Gasteiger partial charge in [-0.25, -0.2) is 4.79 Å². The number of benzene rings is 1. The van der Waals surface area contributed by atoms with E-state index in [1.807, 2.05) is 6.07 Å². The molecule has 0 spiro atoms. The van der Waals surface area contributed by atoms with Crippen LogP contribution < -0.4 is 10.6 Å². The summed E-state index contributed by atoms with van der Waals surface area (Å²) in [6.45, 7) is 2.61. The number of nitrogens with one attached hydrogen (secondary N) is 3. The maximum absolute atomic E-state index is 12.5. The Hall–Kier alpha value is -3.20. The number of amides is 3. The molecule has 1 aromatic carbocycles. The lowest BCUT2D eigenvalue weighted by Crippen LogP contribution is -2.37. The molecular weight excluding hydrogens is 392 g/mol. The molecule has 3 amide bonds. The van der Waals surface area contributed by atoms with E-state index in [1.165, 1.54) is 24.5 Å². The summed E-state index contributed by atoms with van der Waals surface area (Å²) in [6.07, 6.45) is 1.39. The molecule has 0 bridgehead atoms. The van der Waals surface area contributed by atoms with Gasteiger partial charge in [-0.1, -0.05) is 18.2 Å². The molecule has 8 nitrogen and oxygen atoms in total. The number of ether oxygens (including phenoxy) is 1. The number of carbonyl (C=O) groups is 3. The molecule has 0 fully saturated rings. The number of carbonyl (C=O) groups excluding carboxylic acids is 3. The molecule has 29 heavy (non-hydrogen) atoms. The fourth-order valence-corrected chi connectivity index (χ4v) is 4.29. The van der Waals surface area contributed by atoms with Crippen molar-refractivity contribution < 1.29 is 19.1 Å². The van der Waals surface area contributed by atoms with E-state index in [0.29, 0.717) is 35.6 Å². The van der Waals surface area contributed by atoms with Crippen LogP contribution in [-0.2, 0) is 22.5 Å². The molecule has 0 aliphatic carbocycles. The molecule has 0 unspecified atom stereocenters. The summed E-state index contributed by atoms with van der Waals surface area (Å²) in [5.41, 5.74) is 2.21. The van der Waals surface area contributed by atoms with E-state index < -0.39 is 6.09 Å². The van der Waals surface area contributed by atoms with Crippen molar-refractivity contribution in [2.75, 3.05) is 25.0 Å². The quantitative estimate of drug-likeness (QED) is 0.498. The highest BCUT2D eigenvalue weighted by atomic mass is 32.1. The third-order valence-electron chi connectivity index (χ3n) is 4.46. The second-order valence-electron chi connectivity index (χ2n) is 6.48. The molecule has 0 radical (unpaired) electrons. The molecule has 3 rings (SSSR count). The van der Waals surface area contributed by atoms with Crippen LogP contribution in [0.4, 0.5) is 9.80 Å². The molecule has 2 aromatic rings. The van der Waals surface area contributed by atoms with E-state index >= 15 is 0 Å². The second kappa shape index (κ2) is 9.33. The number of hydrogen-bond acceptors (Lipinski definition) is 6. The minimum atomic E-state index is -0.444. The van der Waals surface area contributed by atoms with Crippen LogP contribution in [0.1, 0.15) is 33.3 Å². The molecule has 1 aromatic heterocycles. The van der Waals surface area contributed by atoms with Crippen LogP contribution in [0.25, 0.3) is 0 Å². The Balaban J connectivity index is 1.66. The van der Waals surface area contributed by atoms with Crippen LogP contribution in [0.5, 0.6) is 0 Å². The number of thiophene rings is 1. The zero-order chi connectivity index (χ0) is 20.8. The average molecular weight is 414 g/mol. The summed E-state index contributed by atoms with van der Waals surface area (Å²) in [7, 11) is 0. The standard InChI is InChI=1S/C20H22N4O4S/c1-13(25)22-8-10-28-20(27)24-9-7-15-16(11-21)19(29-17(15)12-24)23-18(26)14-5-3-2-4-6-14/h2-6,11,21H,7-10,12H2,1H3,(H,22,25)(H,23,26). The highest BCUT2D eigenvalue weighted by Gasteiger charge is 2.27. The highest BCUT2D eigenvalue weighted by molar-refractivity contribution is 7.17. The van der Waals surface area contributed by atoms with Crippen molar-refractivity contribution >= 4 is 40.5 Å². The lowest BCUT2D eigenvalue weighted by molar-refractivity contribution is -0.119. The van der Waals surface area contributed by atoms with Gasteiger partial charge in [-0.2, -0.15) is 0 Å². The predicted octanol–water partition coefficient (Wildman–Crippen LogP) is 2.63. The van der Waals surface area contributed by atoms with E-state index in [9.17, 15) is 14.4 Å². The Labute approximate surface area is 172 Å². The third kappa shape index (κ3) is 5.00. The van der Waals surface area contributed by atoms with Crippen molar-refractivity contribution in [1.29, 1.82) is 5.41 Å². The van der Waals surface area contributed by atoms with E-state index in [2.05, 4.69) is 10.6 Å². The largest absolute Gasteiger partial charge is 0.448 e. The molecule has 3 N–H and O–H groups in total. The first kappa shape index (κ1) is 20.5. The molecule has 0 saturated carbocycles. The van der Waals surface area contributed by atoms with E-state index in [4.69, 9.17) is 10.1 Å². The minimum absolute atomic E-state index is 0.107. The zero-order valence-corrected chi connectivity index (χ0v) is 16.8. The Morgan fingerprint density at radius 2 is 2.03 bits per heavy atom. The molecule has 9 heteroatoms. The van der Waals surface area contributed by atoms with Crippen LogP contribution in [0, 0.1) is 5.41 Å². The highest BCUT2D eigenvalue weighted by Crippen LogP contribution is 2.36. The maximum atomic E-state index is 12.5. The number of rotatable bonds is 6. The zero-order valence-electron chi connectivity index (χ0n) is 16.0. The summed E-state index contributed by atoms with van der Waals surface area (Å²) >= 11 is 1.37. The molecule has 0 atom stereocenters. The second-order valence-corrected chi connectivity index (χ2v) is 7.59. The lowest BCUT2D eigenvalue weighted by Gasteiger charge is -2.26.